The number of carbonyl (C=O) groups excluding carboxylic acids is 4. The minimum absolute atomic E-state index is 0.207. The van der Waals surface area contributed by atoms with Crippen LogP contribution in [0.3, 0.4) is 0 Å². The van der Waals surface area contributed by atoms with Crippen molar-refractivity contribution in [3.05, 3.63) is 117 Å². The number of amides is 2. The minimum Gasteiger partial charge on any atom is -0.496 e. The first-order valence-corrected chi connectivity index (χ1v) is 13.8. The summed E-state index contributed by atoms with van der Waals surface area (Å²) in [7, 11) is 1.53. The number of rotatable bonds is 6. The van der Waals surface area contributed by atoms with Gasteiger partial charge in [0.2, 0.25) is 11.8 Å². The van der Waals surface area contributed by atoms with Crippen molar-refractivity contribution in [2.45, 2.75) is 12.1 Å². The predicted octanol–water partition coefficient (Wildman–Crippen LogP) is 5.49. The summed E-state index contributed by atoms with van der Waals surface area (Å²) < 4.78 is 5.89. The summed E-state index contributed by atoms with van der Waals surface area (Å²) in [6, 6.07) is 18.7. The van der Waals surface area contributed by atoms with Crippen LogP contribution in [0.25, 0.3) is 0 Å². The topological polar surface area (TPSA) is 84.0 Å². The van der Waals surface area contributed by atoms with Gasteiger partial charge in [-0.1, -0.05) is 60.1 Å². The second kappa shape index (κ2) is 10.2. The molecule has 0 aromatic heterocycles. The molecule has 0 saturated carbocycles. The average molecular weight is 618 g/mol. The fourth-order valence-corrected chi connectivity index (χ4v) is 6.58. The maximum Gasteiger partial charge on any atom is 0.240 e. The van der Waals surface area contributed by atoms with Crippen LogP contribution in [0.15, 0.2) is 101 Å². The van der Waals surface area contributed by atoms with Crippen LogP contribution < -0.4 is 9.64 Å². The molecular weight excluding hydrogens is 596 g/mol. The number of ether oxygens (including phenoxy) is 1. The lowest BCUT2D eigenvalue weighted by molar-refractivity contribution is -0.123. The summed E-state index contributed by atoms with van der Waals surface area (Å²) in [5.74, 6) is -2.79. The Labute approximate surface area is 243 Å². The Morgan fingerprint density at radius 1 is 0.900 bits per heavy atom. The Hall–Kier alpha value is -4.01. The molecule has 3 aromatic carbocycles. The summed E-state index contributed by atoms with van der Waals surface area (Å²) in [5, 5.41) is 0.252. The maximum atomic E-state index is 14.1. The van der Waals surface area contributed by atoms with E-state index in [-0.39, 0.29) is 22.3 Å². The number of anilines is 1. The molecule has 2 saturated heterocycles. The Kier molecular flexibility index (Phi) is 6.68. The van der Waals surface area contributed by atoms with Gasteiger partial charge in [-0.3, -0.25) is 19.2 Å². The molecule has 40 heavy (non-hydrogen) atoms. The second-order valence-electron chi connectivity index (χ2n) is 9.74. The number of halogens is 2. The number of para-hydroxylation sites is 1. The highest BCUT2D eigenvalue weighted by Crippen LogP contribution is 2.48. The summed E-state index contributed by atoms with van der Waals surface area (Å²) in [6.07, 6.45) is 4.99. The molecule has 9 heteroatoms. The quantitative estimate of drug-likeness (QED) is 0.269. The normalized spacial score (nSPS) is 23.1. The SMILES string of the molecule is COc1ccc(C(=O)[C@@H]2[C@H]3C(=O)N(c4ccccc4Cl)C(=O)[C@@H]3[C@H]3C=C(C(=O)c4ccccc4)C=CN32)cc1Br. The Morgan fingerprint density at radius 2 is 1.60 bits per heavy atom. The summed E-state index contributed by atoms with van der Waals surface area (Å²) in [4.78, 5) is 58.1. The van der Waals surface area contributed by atoms with Gasteiger partial charge in [0.05, 0.1) is 40.2 Å². The highest BCUT2D eigenvalue weighted by atomic mass is 79.9. The number of fused-ring (bicyclic) bond motifs is 3. The Balaban J connectivity index is 1.44. The molecule has 7 nitrogen and oxygen atoms in total. The molecule has 3 aliphatic rings. The fourth-order valence-electron chi connectivity index (χ4n) is 5.81. The molecule has 0 bridgehead atoms. The molecule has 0 unspecified atom stereocenters. The predicted molar refractivity (Wildman–Crippen MR) is 153 cm³/mol. The zero-order valence-corrected chi connectivity index (χ0v) is 23.5. The van der Waals surface area contributed by atoms with E-state index in [9.17, 15) is 19.2 Å². The number of allylic oxidation sites excluding steroid dienone is 2. The number of Topliss-reactive ketones (excluding diaryl/α,β-unsaturated/α-hetero) is 2. The Bertz CT molecular complexity index is 1640. The molecule has 0 radical (unpaired) electrons. The summed E-state index contributed by atoms with van der Waals surface area (Å²) >= 11 is 9.82. The van der Waals surface area contributed by atoms with Crippen molar-refractivity contribution in [2.75, 3.05) is 12.0 Å². The van der Waals surface area contributed by atoms with Gasteiger partial charge in [-0.05, 0) is 52.3 Å². The van der Waals surface area contributed by atoms with Crippen molar-refractivity contribution < 1.29 is 23.9 Å². The number of methoxy groups -OCH3 is 1. The molecule has 3 aromatic rings. The number of carbonyl (C=O) groups is 4. The monoisotopic (exact) mass is 616 g/mol. The average Bonchev–Trinajstić information content (AvgIpc) is 3.44. The molecule has 2 amide bonds. The van der Waals surface area contributed by atoms with Crippen LogP contribution in [0.2, 0.25) is 5.02 Å². The van der Waals surface area contributed by atoms with E-state index < -0.39 is 35.7 Å². The molecular formula is C31H22BrClN2O5. The minimum atomic E-state index is -0.978. The van der Waals surface area contributed by atoms with Gasteiger partial charge in [0.25, 0.3) is 0 Å². The smallest absolute Gasteiger partial charge is 0.240 e. The first-order chi connectivity index (χ1) is 19.3. The van der Waals surface area contributed by atoms with Crippen molar-refractivity contribution in [1.82, 2.24) is 4.90 Å². The van der Waals surface area contributed by atoms with Crippen LogP contribution in [0.4, 0.5) is 5.69 Å². The first kappa shape index (κ1) is 26.2. The van der Waals surface area contributed by atoms with Crippen LogP contribution in [0.1, 0.15) is 20.7 Å². The van der Waals surface area contributed by atoms with Gasteiger partial charge in [-0.2, -0.15) is 0 Å². The van der Waals surface area contributed by atoms with Crippen LogP contribution >= 0.6 is 27.5 Å². The van der Waals surface area contributed by atoms with Crippen LogP contribution in [-0.4, -0.2) is 47.5 Å². The lowest BCUT2D eigenvalue weighted by atomic mass is 9.85. The van der Waals surface area contributed by atoms with Crippen molar-refractivity contribution in [1.29, 1.82) is 0 Å². The van der Waals surface area contributed by atoms with E-state index in [1.807, 2.05) is 6.07 Å². The third-order valence-corrected chi connectivity index (χ3v) is 8.58. The molecule has 0 aliphatic carbocycles. The summed E-state index contributed by atoms with van der Waals surface area (Å²) in [5.41, 5.74) is 1.53. The van der Waals surface area contributed by atoms with E-state index in [1.54, 1.807) is 90.0 Å². The van der Waals surface area contributed by atoms with Crippen LogP contribution in [-0.2, 0) is 9.59 Å². The molecule has 0 spiro atoms. The van der Waals surface area contributed by atoms with Crippen molar-refractivity contribution in [3.8, 4) is 5.75 Å². The summed E-state index contributed by atoms with van der Waals surface area (Å²) in [6.45, 7) is 0. The molecule has 4 atom stereocenters. The molecule has 6 rings (SSSR count). The van der Waals surface area contributed by atoms with Gasteiger partial charge in [-0.25, -0.2) is 4.90 Å². The van der Waals surface area contributed by atoms with E-state index in [0.29, 0.717) is 26.9 Å². The number of benzene rings is 3. The highest BCUT2D eigenvalue weighted by molar-refractivity contribution is 9.10. The van der Waals surface area contributed by atoms with Gasteiger partial charge in [0, 0.05) is 22.9 Å². The fraction of sp³-hybridized carbons (Fsp3) is 0.161. The van der Waals surface area contributed by atoms with Crippen molar-refractivity contribution >= 4 is 56.6 Å². The van der Waals surface area contributed by atoms with E-state index >= 15 is 0 Å². The zero-order valence-electron chi connectivity index (χ0n) is 21.2. The van der Waals surface area contributed by atoms with Gasteiger partial charge < -0.3 is 9.64 Å². The standard InChI is InChI=1S/C31H22BrClN2O5/c1-40-24-12-11-18(15-20(24)32)29(37)27-26-25(30(38)35(31(26)39)22-10-6-5-9-21(22)33)23-16-19(13-14-34(23)27)28(36)17-7-3-2-4-8-17/h2-16,23,25-27H,1H3/t23-,25-,26+,27+/m1/s1. The second-order valence-corrected chi connectivity index (χ2v) is 11.0. The van der Waals surface area contributed by atoms with E-state index in [2.05, 4.69) is 15.9 Å². The van der Waals surface area contributed by atoms with Crippen LogP contribution in [0.5, 0.6) is 5.75 Å². The lowest BCUT2D eigenvalue weighted by Crippen LogP contribution is -2.46. The van der Waals surface area contributed by atoms with Gasteiger partial charge in [0.1, 0.15) is 11.8 Å². The lowest BCUT2D eigenvalue weighted by Gasteiger charge is -2.33. The number of hydrogen-bond acceptors (Lipinski definition) is 6. The van der Waals surface area contributed by atoms with Gasteiger partial charge in [-0.15, -0.1) is 0 Å². The number of hydrogen-bond donors (Lipinski definition) is 0. The van der Waals surface area contributed by atoms with Crippen molar-refractivity contribution in [3.63, 3.8) is 0 Å². The van der Waals surface area contributed by atoms with E-state index in [1.165, 1.54) is 7.11 Å². The Morgan fingerprint density at radius 3 is 2.30 bits per heavy atom. The van der Waals surface area contributed by atoms with E-state index in [0.717, 1.165) is 4.90 Å². The van der Waals surface area contributed by atoms with Crippen molar-refractivity contribution in [2.24, 2.45) is 11.8 Å². The largest absolute Gasteiger partial charge is 0.496 e. The third kappa shape index (κ3) is 4.10. The van der Waals surface area contributed by atoms with Gasteiger partial charge >= 0.3 is 0 Å². The number of nitrogens with zero attached hydrogens (tertiary/aromatic N) is 2. The highest BCUT2D eigenvalue weighted by Gasteiger charge is 2.63. The molecule has 3 heterocycles. The number of imide groups is 1. The molecule has 0 N–H and O–H groups in total. The zero-order chi connectivity index (χ0) is 28.1. The van der Waals surface area contributed by atoms with E-state index in [4.69, 9.17) is 16.3 Å². The maximum absolute atomic E-state index is 14.1. The molecule has 2 fully saturated rings. The molecule has 3 aliphatic heterocycles. The molecule has 200 valence electrons. The first-order valence-electron chi connectivity index (χ1n) is 12.6. The van der Waals surface area contributed by atoms with Crippen LogP contribution in [0, 0.1) is 11.8 Å². The third-order valence-electron chi connectivity index (χ3n) is 7.64. The number of ketones is 2. The van der Waals surface area contributed by atoms with Gasteiger partial charge in [0.15, 0.2) is 11.6 Å².